The van der Waals surface area contributed by atoms with Crippen LogP contribution in [0, 0.1) is 0 Å². The lowest BCUT2D eigenvalue weighted by Crippen LogP contribution is -2.32. The molecule has 1 aliphatic rings. The standard InChI is InChI=1S/C24H32N2O5S/c1-18(2)31-20-10-8-19(9-11-20)17-25-32(28,29)21-12-13-23(30-3)22(16-21)24(27)26-14-6-4-5-7-15-26/h8-13,16,18,25H,4-7,14-15,17H2,1-3H3. The highest BCUT2D eigenvalue weighted by atomic mass is 32.2. The second-order valence-electron chi connectivity index (χ2n) is 8.20. The molecule has 0 aliphatic carbocycles. The summed E-state index contributed by atoms with van der Waals surface area (Å²) in [5.41, 5.74) is 1.08. The van der Waals surface area contributed by atoms with E-state index in [1.165, 1.54) is 25.3 Å². The van der Waals surface area contributed by atoms with Gasteiger partial charge in [0.1, 0.15) is 11.5 Å². The predicted octanol–water partition coefficient (Wildman–Crippen LogP) is 3.98. The Balaban J connectivity index is 1.75. The molecule has 0 aromatic heterocycles. The maximum atomic E-state index is 13.1. The summed E-state index contributed by atoms with van der Waals surface area (Å²) in [6.45, 7) is 5.37. The van der Waals surface area contributed by atoms with Gasteiger partial charge in [0, 0.05) is 19.6 Å². The van der Waals surface area contributed by atoms with Crippen molar-refractivity contribution in [2.24, 2.45) is 0 Å². The third kappa shape index (κ3) is 6.23. The van der Waals surface area contributed by atoms with Crippen LogP contribution in [0.2, 0.25) is 0 Å². The molecule has 174 valence electrons. The summed E-state index contributed by atoms with van der Waals surface area (Å²) in [4.78, 5) is 14.9. The first-order chi connectivity index (χ1) is 15.3. The van der Waals surface area contributed by atoms with Crippen molar-refractivity contribution >= 4 is 15.9 Å². The molecule has 0 radical (unpaired) electrons. The molecule has 0 spiro atoms. The zero-order chi connectivity index (χ0) is 23.1. The number of hydrogen-bond acceptors (Lipinski definition) is 5. The van der Waals surface area contributed by atoms with Gasteiger partial charge in [0.25, 0.3) is 5.91 Å². The van der Waals surface area contributed by atoms with Gasteiger partial charge >= 0.3 is 0 Å². The number of rotatable bonds is 8. The summed E-state index contributed by atoms with van der Waals surface area (Å²) >= 11 is 0. The van der Waals surface area contributed by atoms with E-state index in [0.717, 1.165) is 37.0 Å². The van der Waals surface area contributed by atoms with Gasteiger partial charge in [-0.15, -0.1) is 0 Å². The van der Waals surface area contributed by atoms with Crippen LogP contribution in [0.25, 0.3) is 0 Å². The number of nitrogens with one attached hydrogen (secondary N) is 1. The largest absolute Gasteiger partial charge is 0.496 e. The summed E-state index contributed by atoms with van der Waals surface area (Å²) in [5.74, 6) is 0.916. The molecule has 7 nitrogen and oxygen atoms in total. The van der Waals surface area contributed by atoms with Gasteiger partial charge in [0.2, 0.25) is 10.0 Å². The minimum atomic E-state index is -3.81. The molecule has 1 saturated heterocycles. The molecule has 0 atom stereocenters. The van der Waals surface area contributed by atoms with Crippen LogP contribution in [-0.2, 0) is 16.6 Å². The van der Waals surface area contributed by atoms with E-state index in [1.54, 1.807) is 4.90 Å². The van der Waals surface area contributed by atoms with E-state index in [-0.39, 0.29) is 29.0 Å². The number of nitrogens with zero attached hydrogens (tertiary/aromatic N) is 1. The molecule has 1 heterocycles. The molecular weight excluding hydrogens is 428 g/mol. The Labute approximate surface area is 190 Å². The molecule has 3 rings (SSSR count). The van der Waals surface area contributed by atoms with Crippen LogP contribution < -0.4 is 14.2 Å². The molecule has 1 fully saturated rings. The second-order valence-corrected chi connectivity index (χ2v) is 9.97. The zero-order valence-electron chi connectivity index (χ0n) is 19.0. The fourth-order valence-electron chi connectivity index (χ4n) is 3.69. The molecular formula is C24H32N2O5S. The number of likely N-dealkylation sites (tertiary alicyclic amines) is 1. The van der Waals surface area contributed by atoms with Crippen molar-refractivity contribution in [3.63, 3.8) is 0 Å². The Morgan fingerprint density at radius 1 is 1.03 bits per heavy atom. The van der Waals surface area contributed by atoms with Gasteiger partial charge in [-0.25, -0.2) is 13.1 Å². The number of amides is 1. The second kappa shape index (κ2) is 10.8. The molecule has 2 aromatic rings. The Hall–Kier alpha value is -2.58. The van der Waals surface area contributed by atoms with Crippen LogP contribution in [0.15, 0.2) is 47.4 Å². The molecule has 0 unspecified atom stereocenters. The van der Waals surface area contributed by atoms with Crippen LogP contribution in [0.3, 0.4) is 0 Å². The molecule has 8 heteroatoms. The first-order valence-electron chi connectivity index (χ1n) is 11.0. The highest BCUT2D eigenvalue weighted by molar-refractivity contribution is 7.89. The number of methoxy groups -OCH3 is 1. The number of ether oxygens (including phenoxy) is 2. The normalized spacial score (nSPS) is 14.8. The van der Waals surface area contributed by atoms with Crippen molar-refractivity contribution in [1.82, 2.24) is 9.62 Å². The summed E-state index contributed by atoms with van der Waals surface area (Å²) < 4.78 is 39.4. The molecule has 2 aromatic carbocycles. The lowest BCUT2D eigenvalue weighted by atomic mass is 10.1. The van der Waals surface area contributed by atoms with E-state index in [2.05, 4.69) is 4.72 Å². The topological polar surface area (TPSA) is 84.9 Å². The quantitative estimate of drug-likeness (QED) is 0.644. The van der Waals surface area contributed by atoms with Gasteiger partial charge in [-0.2, -0.15) is 0 Å². The van der Waals surface area contributed by atoms with E-state index in [1.807, 2.05) is 38.1 Å². The van der Waals surface area contributed by atoms with E-state index in [4.69, 9.17) is 9.47 Å². The molecule has 1 N–H and O–H groups in total. The SMILES string of the molecule is COc1ccc(S(=O)(=O)NCc2ccc(OC(C)C)cc2)cc1C(=O)N1CCCCCC1. The summed E-state index contributed by atoms with van der Waals surface area (Å²) in [6.07, 6.45) is 4.18. The summed E-state index contributed by atoms with van der Waals surface area (Å²) in [7, 11) is -2.33. The van der Waals surface area contributed by atoms with Crippen molar-refractivity contribution in [2.75, 3.05) is 20.2 Å². The first kappa shape index (κ1) is 24.1. The Morgan fingerprint density at radius 2 is 1.69 bits per heavy atom. The van der Waals surface area contributed by atoms with Gasteiger partial charge in [-0.1, -0.05) is 25.0 Å². The highest BCUT2D eigenvalue weighted by Crippen LogP contribution is 2.25. The monoisotopic (exact) mass is 460 g/mol. The third-order valence-electron chi connectivity index (χ3n) is 5.37. The summed E-state index contributed by atoms with van der Waals surface area (Å²) in [6, 6.07) is 11.7. The van der Waals surface area contributed by atoms with Crippen LogP contribution in [0.5, 0.6) is 11.5 Å². The smallest absolute Gasteiger partial charge is 0.257 e. The number of hydrogen-bond donors (Lipinski definition) is 1. The van der Waals surface area contributed by atoms with Crippen LogP contribution in [0.4, 0.5) is 0 Å². The van der Waals surface area contributed by atoms with Crippen molar-refractivity contribution in [3.8, 4) is 11.5 Å². The van der Waals surface area contributed by atoms with Crippen LogP contribution >= 0.6 is 0 Å². The van der Waals surface area contributed by atoms with Crippen LogP contribution in [-0.4, -0.2) is 45.5 Å². The van der Waals surface area contributed by atoms with Gasteiger partial charge in [-0.3, -0.25) is 4.79 Å². The van der Waals surface area contributed by atoms with E-state index in [9.17, 15) is 13.2 Å². The number of carbonyl (C=O) groups excluding carboxylic acids is 1. The molecule has 1 aliphatic heterocycles. The van der Waals surface area contributed by atoms with E-state index < -0.39 is 10.0 Å². The van der Waals surface area contributed by atoms with Crippen molar-refractivity contribution in [1.29, 1.82) is 0 Å². The number of sulfonamides is 1. The Bertz CT molecular complexity index is 1010. The molecule has 1 amide bonds. The summed E-state index contributed by atoms with van der Waals surface area (Å²) in [5, 5.41) is 0. The van der Waals surface area contributed by atoms with Crippen molar-refractivity contribution in [3.05, 3.63) is 53.6 Å². The molecule has 0 bridgehead atoms. The van der Waals surface area contributed by atoms with Gasteiger partial charge in [0.15, 0.2) is 0 Å². The zero-order valence-corrected chi connectivity index (χ0v) is 19.8. The van der Waals surface area contributed by atoms with Gasteiger partial charge in [-0.05, 0) is 62.6 Å². The number of carbonyl (C=O) groups is 1. The van der Waals surface area contributed by atoms with Crippen molar-refractivity contribution in [2.45, 2.75) is 57.1 Å². The maximum Gasteiger partial charge on any atom is 0.257 e. The fraction of sp³-hybridized carbons (Fsp3) is 0.458. The van der Waals surface area contributed by atoms with Crippen LogP contribution in [0.1, 0.15) is 55.5 Å². The highest BCUT2D eigenvalue weighted by Gasteiger charge is 2.24. The van der Waals surface area contributed by atoms with Gasteiger partial charge < -0.3 is 14.4 Å². The predicted molar refractivity (Wildman–Crippen MR) is 124 cm³/mol. The minimum Gasteiger partial charge on any atom is -0.496 e. The van der Waals surface area contributed by atoms with Crippen molar-refractivity contribution < 1.29 is 22.7 Å². The molecule has 0 saturated carbocycles. The molecule has 32 heavy (non-hydrogen) atoms. The average Bonchev–Trinajstić information content (AvgIpc) is 3.07. The maximum absolute atomic E-state index is 13.1. The first-order valence-corrected chi connectivity index (χ1v) is 12.5. The van der Waals surface area contributed by atoms with E-state index >= 15 is 0 Å². The minimum absolute atomic E-state index is 0.0382. The third-order valence-corrected chi connectivity index (χ3v) is 6.77. The van der Waals surface area contributed by atoms with Gasteiger partial charge in [0.05, 0.1) is 23.7 Å². The number of benzene rings is 2. The lowest BCUT2D eigenvalue weighted by molar-refractivity contribution is 0.0758. The van der Waals surface area contributed by atoms with E-state index in [0.29, 0.717) is 18.8 Å². The lowest BCUT2D eigenvalue weighted by Gasteiger charge is -2.22. The average molecular weight is 461 g/mol. The Kier molecular flexibility index (Phi) is 8.15. The fourth-order valence-corrected chi connectivity index (χ4v) is 4.73. The Morgan fingerprint density at radius 3 is 2.28 bits per heavy atom.